The van der Waals surface area contributed by atoms with E-state index in [1.807, 2.05) is 6.92 Å². The number of nitrogens with one attached hydrogen (secondary N) is 1. The second-order valence-corrected chi connectivity index (χ2v) is 1.73. The number of carbonyl (C=O) groups excluding carboxylic acids is 1. The molecule has 0 rings (SSSR count). The van der Waals surface area contributed by atoms with Gasteiger partial charge in [-0.3, -0.25) is 0 Å². The Morgan fingerprint density at radius 2 is 2.20 bits per heavy atom. The lowest BCUT2D eigenvalue weighted by Crippen LogP contribution is -2.20. The first-order valence-corrected chi connectivity index (χ1v) is 3.32. The Morgan fingerprint density at radius 3 is 2.60 bits per heavy atom. The first kappa shape index (κ1) is 9.01. The fraction of sp³-hybridized carbons (Fsp3) is 0.571. The van der Waals surface area contributed by atoms with Crippen molar-refractivity contribution in [2.45, 2.75) is 13.8 Å². The zero-order valence-corrected chi connectivity index (χ0v) is 6.44. The van der Waals surface area contributed by atoms with Crippen molar-refractivity contribution in [3.05, 3.63) is 12.3 Å². The standard InChI is InChI=1S/C7H13NO2/c1-4-8-6(3)7(9)10-5-2/h8H,3-5H2,1-2H3. The molecule has 0 bridgehead atoms. The molecule has 0 atom stereocenters. The molecule has 10 heavy (non-hydrogen) atoms. The van der Waals surface area contributed by atoms with Crippen LogP contribution in [0.5, 0.6) is 0 Å². The van der Waals surface area contributed by atoms with E-state index in [1.54, 1.807) is 6.92 Å². The maximum atomic E-state index is 10.7. The van der Waals surface area contributed by atoms with E-state index in [1.165, 1.54) is 0 Å². The third-order valence-electron chi connectivity index (χ3n) is 0.912. The minimum absolute atomic E-state index is 0.323. The lowest BCUT2D eigenvalue weighted by atomic mass is 10.5. The molecule has 0 aromatic carbocycles. The van der Waals surface area contributed by atoms with Crippen molar-refractivity contribution in [3.8, 4) is 0 Å². The summed E-state index contributed by atoms with van der Waals surface area (Å²) >= 11 is 0. The number of carbonyl (C=O) groups is 1. The van der Waals surface area contributed by atoms with E-state index in [2.05, 4.69) is 16.6 Å². The number of ether oxygens (including phenoxy) is 1. The minimum Gasteiger partial charge on any atom is -0.461 e. The molecule has 3 heteroatoms. The molecule has 0 saturated carbocycles. The first-order valence-electron chi connectivity index (χ1n) is 3.32. The fourth-order valence-corrected chi connectivity index (χ4v) is 0.504. The van der Waals surface area contributed by atoms with Gasteiger partial charge in [-0.05, 0) is 13.8 Å². The maximum Gasteiger partial charge on any atom is 0.353 e. The molecule has 0 unspecified atom stereocenters. The van der Waals surface area contributed by atoms with Crippen molar-refractivity contribution in [2.24, 2.45) is 0 Å². The van der Waals surface area contributed by atoms with Gasteiger partial charge in [0.15, 0.2) is 0 Å². The summed E-state index contributed by atoms with van der Waals surface area (Å²) in [6.07, 6.45) is 0. The van der Waals surface area contributed by atoms with Crippen molar-refractivity contribution in [3.63, 3.8) is 0 Å². The second-order valence-electron chi connectivity index (χ2n) is 1.73. The molecule has 0 heterocycles. The van der Waals surface area contributed by atoms with Crippen LogP contribution in [0.3, 0.4) is 0 Å². The SMILES string of the molecule is C=C(NCC)C(=O)OCC. The van der Waals surface area contributed by atoms with Crippen LogP contribution in [0.4, 0.5) is 0 Å². The van der Waals surface area contributed by atoms with Crippen LogP contribution in [0.2, 0.25) is 0 Å². The number of hydrogen-bond donors (Lipinski definition) is 1. The van der Waals surface area contributed by atoms with E-state index in [4.69, 9.17) is 0 Å². The Balaban J connectivity index is 3.60. The molecular formula is C7H13NO2. The van der Waals surface area contributed by atoms with Gasteiger partial charge < -0.3 is 10.1 Å². The van der Waals surface area contributed by atoms with Gasteiger partial charge in [0.1, 0.15) is 5.70 Å². The molecule has 0 aliphatic carbocycles. The van der Waals surface area contributed by atoms with Gasteiger partial charge in [-0.2, -0.15) is 0 Å². The van der Waals surface area contributed by atoms with Crippen molar-refractivity contribution >= 4 is 5.97 Å². The number of hydrogen-bond acceptors (Lipinski definition) is 3. The summed E-state index contributed by atoms with van der Waals surface area (Å²) in [4.78, 5) is 10.7. The largest absolute Gasteiger partial charge is 0.461 e. The molecule has 0 spiro atoms. The fourth-order valence-electron chi connectivity index (χ4n) is 0.504. The average Bonchev–Trinajstić information content (AvgIpc) is 1.89. The summed E-state index contributed by atoms with van der Waals surface area (Å²) in [6, 6.07) is 0. The summed E-state index contributed by atoms with van der Waals surface area (Å²) in [5.41, 5.74) is 0.323. The molecule has 0 saturated heterocycles. The van der Waals surface area contributed by atoms with Crippen LogP contribution in [-0.4, -0.2) is 19.1 Å². The molecule has 0 aromatic heterocycles. The van der Waals surface area contributed by atoms with Crippen molar-refractivity contribution < 1.29 is 9.53 Å². The molecule has 3 nitrogen and oxygen atoms in total. The Kier molecular flexibility index (Phi) is 4.37. The highest BCUT2D eigenvalue weighted by Crippen LogP contribution is 1.87. The predicted octanol–water partition coefficient (Wildman–Crippen LogP) is 0.673. The van der Waals surface area contributed by atoms with Gasteiger partial charge in [-0.1, -0.05) is 6.58 Å². The smallest absolute Gasteiger partial charge is 0.353 e. The zero-order valence-electron chi connectivity index (χ0n) is 6.44. The molecule has 1 N–H and O–H groups in total. The molecule has 0 radical (unpaired) electrons. The van der Waals surface area contributed by atoms with Crippen molar-refractivity contribution in [2.75, 3.05) is 13.2 Å². The van der Waals surface area contributed by atoms with Crippen LogP contribution in [0.1, 0.15) is 13.8 Å². The Hall–Kier alpha value is -0.990. The van der Waals surface area contributed by atoms with Gasteiger partial charge in [0.2, 0.25) is 0 Å². The lowest BCUT2D eigenvalue weighted by molar-refractivity contribution is -0.138. The lowest BCUT2D eigenvalue weighted by Gasteiger charge is -2.04. The van der Waals surface area contributed by atoms with Gasteiger partial charge in [0, 0.05) is 6.54 Å². The van der Waals surface area contributed by atoms with E-state index in [0.717, 1.165) is 0 Å². The van der Waals surface area contributed by atoms with Crippen LogP contribution in [-0.2, 0) is 9.53 Å². The van der Waals surface area contributed by atoms with Gasteiger partial charge in [0.25, 0.3) is 0 Å². The molecular weight excluding hydrogens is 130 g/mol. The summed E-state index contributed by atoms with van der Waals surface area (Å²) in [7, 11) is 0. The maximum absolute atomic E-state index is 10.7. The normalized spacial score (nSPS) is 8.60. The highest BCUT2D eigenvalue weighted by atomic mass is 16.5. The second kappa shape index (κ2) is 4.85. The summed E-state index contributed by atoms with van der Waals surface area (Å²) in [5.74, 6) is -0.371. The van der Waals surface area contributed by atoms with E-state index in [9.17, 15) is 4.79 Å². The van der Waals surface area contributed by atoms with Crippen LogP contribution in [0.25, 0.3) is 0 Å². The monoisotopic (exact) mass is 143 g/mol. The van der Waals surface area contributed by atoms with Gasteiger partial charge >= 0.3 is 5.97 Å². The van der Waals surface area contributed by atoms with Crippen molar-refractivity contribution in [1.82, 2.24) is 5.32 Å². The van der Waals surface area contributed by atoms with Crippen LogP contribution < -0.4 is 5.32 Å². The van der Waals surface area contributed by atoms with Crippen LogP contribution in [0.15, 0.2) is 12.3 Å². The molecule has 0 aromatic rings. The predicted molar refractivity (Wildman–Crippen MR) is 39.4 cm³/mol. The third kappa shape index (κ3) is 3.12. The number of rotatable bonds is 4. The molecule has 0 amide bonds. The summed E-state index contributed by atoms with van der Waals surface area (Å²) in [6.45, 7) is 8.22. The van der Waals surface area contributed by atoms with E-state index >= 15 is 0 Å². The number of likely N-dealkylation sites (N-methyl/N-ethyl adjacent to an activating group) is 1. The first-order chi connectivity index (χ1) is 4.72. The minimum atomic E-state index is -0.371. The van der Waals surface area contributed by atoms with Crippen LogP contribution >= 0.6 is 0 Å². The van der Waals surface area contributed by atoms with E-state index < -0.39 is 0 Å². The summed E-state index contributed by atoms with van der Waals surface area (Å²) in [5, 5.41) is 2.76. The average molecular weight is 143 g/mol. The summed E-state index contributed by atoms with van der Waals surface area (Å²) < 4.78 is 4.66. The Labute approximate surface area is 61.1 Å². The zero-order chi connectivity index (χ0) is 7.98. The topological polar surface area (TPSA) is 38.3 Å². The van der Waals surface area contributed by atoms with Gasteiger partial charge in [-0.25, -0.2) is 4.79 Å². The molecule has 0 fully saturated rings. The highest BCUT2D eigenvalue weighted by molar-refractivity contribution is 5.86. The third-order valence-corrected chi connectivity index (χ3v) is 0.912. The Bertz CT molecular complexity index is 116. The van der Waals surface area contributed by atoms with E-state index in [-0.39, 0.29) is 5.97 Å². The van der Waals surface area contributed by atoms with Crippen LogP contribution in [0, 0.1) is 0 Å². The Morgan fingerprint density at radius 1 is 1.60 bits per heavy atom. The molecule has 0 aliphatic heterocycles. The van der Waals surface area contributed by atoms with Gasteiger partial charge in [0.05, 0.1) is 6.61 Å². The van der Waals surface area contributed by atoms with Crippen molar-refractivity contribution in [1.29, 1.82) is 0 Å². The quantitative estimate of drug-likeness (QED) is 0.464. The number of esters is 1. The van der Waals surface area contributed by atoms with Gasteiger partial charge in [-0.15, -0.1) is 0 Å². The van der Waals surface area contributed by atoms with E-state index in [0.29, 0.717) is 18.8 Å². The highest BCUT2D eigenvalue weighted by Gasteiger charge is 2.03. The molecule has 0 aliphatic rings. The molecule has 58 valence electrons.